The number of rotatable bonds is 5. The number of nitrogens with zero attached hydrogens (tertiary/aromatic N) is 2. The van der Waals surface area contributed by atoms with Gasteiger partial charge < -0.3 is 5.32 Å². The number of nitro groups is 1. The Hall–Kier alpha value is -1.62. The van der Waals surface area contributed by atoms with E-state index in [0.717, 1.165) is 18.7 Å². The minimum absolute atomic E-state index is 0.157. The van der Waals surface area contributed by atoms with Crippen LogP contribution in [0.1, 0.15) is 45.1 Å². The van der Waals surface area contributed by atoms with Crippen molar-refractivity contribution in [1.29, 1.82) is 0 Å². The first-order valence-corrected chi connectivity index (χ1v) is 7.87. The molecule has 0 aliphatic carbocycles. The van der Waals surface area contributed by atoms with E-state index in [2.05, 4.69) is 17.1 Å². The molecule has 0 aromatic heterocycles. The predicted octanol–water partition coefficient (Wildman–Crippen LogP) is 3.79. The summed E-state index contributed by atoms with van der Waals surface area (Å²) >= 11 is 0. The van der Waals surface area contributed by atoms with Crippen molar-refractivity contribution in [1.82, 2.24) is 4.90 Å². The molecule has 5 nitrogen and oxygen atoms in total. The first-order valence-electron chi connectivity index (χ1n) is 7.87. The van der Waals surface area contributed by atoms with Gasteiger partial charge in [0.1, 0.15) is 5.69 Å². The summed E-state index contributed by atoms with van der Waals surface area (Å²) in [5, 5.41) is 14.1. The lowest BCUT2D eigenvalue weighted by Gasteiger charge is -2.27. The van der Waals surface area contributed by atoms with Gasteiger partial charge in [-0.05, 0) is 44.9 Å². The molecule has 0 amide bonds. The first kappa shape index (κ1) is 15.8. The van der Waals surface area contributed by atoms with E-state index in [1.54, 1.807) is 6.07 Å². The molecule has 0 saturated carbocycles. The fourth-order valence-corrected chi connectivity index (χ4v) is 2.98. The third-order valence-corrected chi connectivity index (χ3v) is 4.20. The van der Waals surface area contributed by atoms with Gasteiger partial charge in [0.2, 0.25) is 0 Å². The van der Waals surface area contributed by atoms with Gasteiger partial charge in [0, 0.05) is 25.2 Å². The normalized spacial score (nSPS) is 20.0. The summed E-state index contributed by atoms with van der Waals surface area (Å²) in [7, 11) is 0. The van der Waals surface area contributed by atoms with Crippen LogP contribution in [0.25, 0.3) is 0 Å². The zero-order valence-electron chi connectivity index (χ0n) is 13.0. The predicted molar refractivity (Wildman–Crippen MR) is 85.6 cm³/mol. The van der Waals surface area contributed by atoms with Crippen LogP contribution in [-0.2, 0) is 6.54 Å². The highest BCUT2D eigenvalue weighted by molar-refractivity contribution is 5.62. The summed E-state index contributed by atoms with van der Waals surface area (Å²) in [6.45, 7) is 6.91. The minimum Gasteiger partial charge on any atom is -0.380 e. The van der Waals surface area contributed by atoms with E-state index in [0.29, 0.717) is 18.3 Å². The lowest BCUT2D eigenvalue weighted by atomic mass is 10.1. The van der Waals surface area contributed by atoms with Crippen molar-refractivity contribution < 1.29 is 4.92 Å². The van der Waals surface area contributed by atoms with Crippen LogP contribution in [0.2, 0.25) is 0 Å². The molecule has 1 aromatic rings. The van der Waals surface area contributed by atoms with Crippen molar-refractivity contribution >= 4 is 11.4 Å². The van der Waals surface area contributed by atoms with Crippen LogP contribution in [0.15, 0.2) is 18.2 Å². The van der Waals surface area contributed by atoms with E-state index in [-0.39, 0.29) is 10.6 Å². The summed E-state index contributed by atoms with van der Waals surface area (Å²) in [6, 6.07) is 6.02. The Bertz CT molecular complexity index is 490. The summed E-state index contributed by atoms with van der Waals surface area (Å²) in [6.07, 6.45) is 5.11. The molecule has 1 N–H and O–H groups in total. The molecule has 1 heterocycles. The monoisotopic (exact) mass is 291 g/mol. The van der Waals surface area contributed by atoms with Crippen LogP contribution in [0, 0.1) is 10.1 Å². The Balaban J connectivity index is 2.15. The molecule has 1 atom stereocenters. The first-order chi connectivity index (χ1) is 10.1. The molecule has 1 unspecified atom stereocenters. The van der Waals surface area contributed by atoms with Gasteiger partial charge in [0.05, 0.1) is 4.92 Å². The second-order valence-corrected chi connectivity index (χ2v) is 5.81. The molecule has 1 fully saturated rings. The molecule has 5 heteroatoms. The molecule has 0 bridgehead atoms. The van der Waals surface area contributed by atoms with Crippen molar-refractivity contribution in [2.75, 3.05) is 18.4 Å². The number of anilines is 1. The van der Waals surface area contributed by atoms with Crippen LogP contribution in [0.5, 0.6) is 0 Å². The standard InChI is InChI=1S/C16H25N3O2/c1-3-17-15-11-14(8-9-16(15)19(20)21)12-18-10-6-4-5-7-13(18)2/h8-9,11,13,17H,3-7,10,12H2,1-2H3. The van der Waals surface area contributed by atoms with Crippen LogP contribution in [0.4, 0.5) is 11.4 Å². The Kier molecular flexibility index (Phi) is 5.56. The van der Waals surface area contributed by atoms with Gasteiger partial charge in [-0.3, -0.25) is 15.0 Å². The molecule has 116 valence electrons. The molecule has 21 heavy (non-hydrogen) atoms. The average Bonchev–Trinajstić information content (AvgIpc) is 2.64. The van der Waals surface area contributed by atoms with E-state index in [9.17, 15) is 10.1 Å². The Labute approximate surface area is 126 Å². The average molecular weight is 291 g/mol. The maximum Gasteiger partial charge on any atom is 0.292 e. The van der Waals surface area contributed by atoms with Gasteiger partial charge >= 0.3 is 0 Å². The van der Waals surface area contributed by atoms with Crippen LogP contribution in [-0.4, -0.2) is 29.0 Å². The van der Waals surface area contributed by atoms with Gasteiger partial charge in [-0.1, -0.05) is 18.9 Å². The van der Waals surface area contributed by atoms with Gasteiger partial charge in [-0.25, -0.2) is 0 Å². The number of benzene rings is 1. The number of nitrogens with one attached hydrogen (secondary N) is 1. The summed E-state index contributed by atoms with van der Waals surface area (Å²) in [5.74, 6) is 0. The maximum absolute atomic E-state index is 11.1. The summed E-state index contributed by atoms with van der Waals surface area (Å²) in [4.78, 5) is 13.2. The second kappa shape index (κ2) is 7.41. The largest absolute Gasteiger partial charge is 0.380 e. The molecule has 1 saturated heterocycles. The zero-order valence-corrected chi connectivity index (χ0v) is 13.0. The quantitative estimate of drug-likeness (QED) is 0.662. The molecule has 0 spiro atoms. The molecule has 2 rings (SSSR count). The van der Waals surface area contributed by atoms with Gasteiger partial charge in [-0.15, -0.1) is 0 Å². The Morgan fingerprint density at radius 3 is 2.90 bits per heavy atom. The van der Waals surface area contributed by atoms with Crippen LogP contribution < -0.4 is 5.32 Å². The Morgan fingerprint density at radius 1 is 1.38 bits per heavy atom. The Morgan fingerprint density at radius 2 is 2.19 bits per heavy atom. The SMILES string of the molecule is CCNc1cc(CN2CCCCCC2C)ccc1[N+](=O)[O-]. The second-order valence-electron chi connectivity index (χ2n) is 5.81. The molecular weight excluding hydrogens is 266 g/mol. The lowest BCUT2D eigenvalue weighted by Crippen LogP contribution is -2.31. The molecule has 0 radical (unpaired) electrons. The fraction of sp³-hybridized carbons (Fsp3) is 0.625. The zero-order chi connectivity index (χ0) is 15.2. The summed E-state index contributed by atoms with van der Waals surface area (Å²) in [5.41, 5.74) is 1.93. The van der Waals surface area contributed by atoms with E-state index >= 15 is 0 Å². The third kappa shape index (κ3) is 4.17. The number of likely N-dealkylation sites (tertiary alicyclic amines) is 1. The van der Waals surface area contributed by atoms with Crippen molar-refractivity contribution in [3.63, 3.8) is 0 Å². The smallest absolute Gasteiger partial charge is 0.292 e. The lowest BCUT2D eigenvalue weighted by molar-refractivity contribution is -0.384. The molecule has 1 aliphatic heterocycles. The highest BCUT2D eigenvalue weighted by atomic mass is 16.6. The van der Waals surface area contributed by atoms with Gasteiger partial charge in [0.15, 0.2) is 0 Å². The number of hydrogen-bond donors (Lipinski definition) is 1. The summed E-state index contributed by atoms with van der Waals surface area (Å²) < 4.78 is 0. The van der Waals surface area contributed by atoms with Crippen molar-refractivity contribution in [2.45, 2.75) is 52.1 Å². The highest BCUT2D eigenvalue weighted by Crippen LogP contribution is 2.27. The number of nitro benzene ring substituents is 1. The third-order valence-electron chi connectivity index (χ3n) is 4.20. The fourth-order valence-electron chi connectivity index (χ4n) is 2.98. The van der Waals surface area contributed by atoms with Crippen molar-refractivity contribution in [3.05, 3.63) is 33.9 Å². The highest BCUT2D eigenvalue weighted by Gasteiger charge is 2.19. The topological polar surface area (TPSA) is 58.4 Å². The van der Waals surface area contributed by atoms with Gasteiger partial charge in [0.25, 0.3) is 5.69 Å². The van der Waals surface area contributed by atoms with Crippen LogP contribution >= 0.6 is 0 Å². The van der Waals surface area contributed by atoms with Crippen LogP contribution in [0.3, 0.4) is 0 Å². The van der Waals surface area contributed by atoms with E-state index in [4.69, 9.17) is 0 Å². The number of hydrogen-bond acceptors (Lipinski definition) is 4. The van der Waals surface area contributed by atoms with E-state index < -0.39 is 0 Å². The van der Waals surface area contributed by atoms with Crippen molar-refractivity contribution in [3.8, 4) is 0 Å². The molecular formula is C16H25N3O2. The van der Waals surface area contributed by atoms with E-state index in [1.807, 2.05) is 19.1 Å². The molecule has 1 aromatic carbocycles. The maximum atomic E-state index is 11.1. The van der Waals surface area contributed by atoms with Crippen molar-refractivity contribution in [2.24, 2.45) is 0 Å². The van der Waals surface area contributed by atoms with E-state index in [1.165, 1.54) is 25.7 Å². The minimum atomic E-state index is -0.323. The van der Waals surface area contributed by atoms with Gasteiger partial charge in [-0.2, -0.15) is 0 Å². The molecule has 1 aliphatic rings.